The van der Waals surface area contributed by atoms with E-state index in [1.807, 2.05) is 0 Å². The molecule has 0 aromatic carbocycles. The van der Waals surface area contributed by atoms with Gasteiger partial charge in [-0.15, -0.1) is 0 Å². The fourth-order valence-electron chi connectivity index (χ4n) is 3.46. The first-order valence-electron chi connectivity index (χ1n) is 6.92. The average molecular weight is 354 g/mol. The Kier molecular flexibility index (Phi) is 3.61. The number of fused-ring (bicyclic) bond motifs is 1. The van der Waals surface area contributed by atoms with Crippen molar-refractivity contribution in [1.82, 2.24) is 9.88 Å². The lowest BCUT2D eigenvalue weighted by Crippen LogP contribution is -2.38. The van der Waals surface area contributed by atoms with Gasteiger partial charge in [-0.1, -0.05) is 6.42 Å². The van der Waals surface area contributed by atoms with Gasteiger partial charge in [0.25, 0.3) is 0 Å². The smallest absolute Gasteiger partial charge is 0.321 e. The van der Waals surface area contributed by atoms with E-state index >= 15 is 0 Å². The number of carboxylic acid groups (broad SMARTS) is 1. The molecular formula is C14H16BrN3O3. The second kappa shape index (κ2) is 5.29. The molecule has 1 aliphatic heterocycles. The Hall–Kier alpha value is -1.63. The Labute approximate surface area is 130 Å². The van der Waals surface area contributed by atoms with Gasteiger partial charge in [0.2, 0.25) is 0 Å². The second-order valence-electron chi connectivity index (χ2n) is 5.72. The Bertz CT molecular complexity index is 595. The number of hydrogen-bond acceptors (Lipinski definition) is 3. The summed E-state index contributed by atoms with van der Waals surface area (Å²) in [4.78, 5) is 29.5. The van der Waals surface area contributed by atoms with Gasteiger partial charge in [-0.05, 0) is 40.8 Å². The number of nitrogens with zero attached hydrogens (tertiary/aromatic N) is 2. The van der Waals surface area contributed by atoms with Gasteiger partial charge >= 0.3 is 12.0 Å². The number of anilines is 1. The standard InChI is InChI=1S/C14H16BrN3O3/c15-10-6-16-5-3-11(10)17-13(21)18-7-9-2-1-4-14(9,8-18)12(19)20/h3,5-6,9H,1-2,4,7-8H2,(H,19,20)(H,16,17,21)/t9-,14+/m0/s1. The van der Waals surface area contributed by atoms with Gasteiger partial charge in [-0.25, -0.2) is 4.79 Å². The van der Waals surface area contributed by atoms with Crippen molar-refractivity contribution in [3.05, 3.63) is 22.9 Å². The molecule has 0 radical (unpaired) electrons. The zero-order valence-electron chi connectivity index (χ0n) is 11.4. The first-order chi connectivity index (χ1) is 10.0. The van der Waals surface area contributed by atoms with E-state index in [4.69, 9.17) is 0 Å². The minimum atomic E-state index is -0.773. The lowest BCUT2D eigenvalue weighted by molar-refractivity contribution is -0.149. The maximum absolute atomic E-state index is 12.3. The maximum Gasteiger partial charge on any atom is 0.321 e. The van der Waals surface area contributed by atoms with Gasteiger partial charge in [-0.2, -0.15) is 0 Å². The molecule has 1 aliphatic carbocycles. The molecule has 2 amide bonds. The van der Waals surface area contributed by atoms with Crippen LogP contribution in [-0.2, 0) is 4.79 Å². The topological polar surface area (TPSA) is 82.5 Å². The van der Waals surface area contributed by atoms with Crippen molar-refractivity contribution in [2.75, 3.05) is 18.4 Å². The van der Waals surface area contributed by atoms with Crippen molar-refractivity contribution in [2.24, 2.45) is 11.3 Å². The molecule has 1 saturated heterocycles. The minimum Gasteiger partial charge on any atom is -0.481 e. The van der Waals surface area contributed by atoms with Crippen LogP contribution in [0.1, 0.15) is 19.3 Å². The number of rotatable bonds is 2. The van der Waals surface area contributed by atoms with E-state index < -0.39 is 11.4 Å². The van der Waals surface area contributed by atoms with E-state index in [-0.39, 0.29) is 11.9 Å². The summed E-state index contributed by atoms with van der Waals surface area (Å²) in [5.41, 5.74) is -0.108. The summed E-state index contributed by atoms with van der Waals surface area (Å²) >= 11 is 3.33. The summed E-state index contributed by atoms with van der Waals surface area (Å²) in [7, 11) is 0. The lowest BCUT2D eigenvalue weighted by Gasteiger charge is -2.23. The number of carbonyl (C=O) groups is 2. The molecule has 0 spiro atoms. The Balaban J connectivity index is 1.73. The molecule has 0 bridgehead atoms. The van der Waals surface area contributed by atoms with Crippen molar-refractivity contribution in [1.29, 1.82) is 0 Å². The summed E-state index contributed by atoms with van der Waals surface area (Å²) in [5.74, 6) is -0.702. The number of urea groups is 1. The summed E-state index contributed by atoms with van der Waals surface area (Å²) < 4.78 is 0.700. The molecule has 21 heavy (non-hydrogen) atoms. The number of aromatic nitrogens is 1. The van der Waals surface area contributed by atoms with Crippen molar-refractivity contribution in [2.45, 2.75) is 19.3 Å². The third-order valence-corrected chi connectivity index (χ3v) is 5.23. The number of hydrogen-bond donors (Lipinski definition) is 2. The average Bonchev–Trinajstić information content (AvgIpc) is 2.99. The van der Waals surface area contributed by atoms with Crippen LogP contribution in [0.3, 0.4) is 0 Å². The van der Waals surface area contributed by atoms with Crippen LogP contribution in [0.5, 0.6) is 0 Å². The molecule has 112 valence electrons. The number of likely N-dealkylation sites (tertiary alicyclic amines) is 1. The van der Waals surface area contributed by atoms with E-state index in [0.717, 1.165) is 12.8 Å². The Morgan fingerprint density at radius 3 is 3.00 bits per heavy atom. The molecular weight excluding hydrogens is 338 g/mol. The Morgan fingerprint density at radius 2 is 2.33 bits per heavy atom. The van der Waals surface area contributed by atoms with Crippen molar-refractivity contribution in [3.63, 3.8) is 0 Å². The first kappa shape index (κ1) is 14.3. The maximum atomic E-state index is 12.3. The summed E-state index contributed by atoms with van der Waals surface area (Å²) in [6.45, 7) is 0.808. The van der Waals surface area contributed by atoms with Gasteiger partial charge in [0.1, 0.15) is 0 Å². The highest BCUT2D eigenvalue weighted by molar-refractivity contribution is 9.10. The second-order valence-corrected chi connectivity index (χ2v) is 6.57. The molecule has 2 N–H and O–H groups in total. The Morgan fingerprint density at radius 1 is 1.52 bits per heavy atom. The number of aliphatic carboxylic acids is 1. The first-order valence-corrected chi connectivity index (χ1v) is 7.71. The van der Waals surface area contributed by atoms with Gasteiger partial charge in [0.05, 0.1) is 15.6 Å². The SMILES string of the molecule is O=C(Nc1ccncc1Br)N1C[C@@H]2CCC[C@@]2(C(=O)O)C1. The van der Waals surface area contributed by atoms with Crippen LogP contribution in [0.2, 0.25) is 0 Å². The van der Waals surface area contributed by atoms with E-state index in [9.17, 15) is 14.7 Å². The number of carboxylic acids is 1. The van der Waals surface area contributed by atoms with Crippen LogP contribution in [0.15, 0.2) is 22.9 Å². The van der Waals surface area contributed by atoms with Crippen LogP contribution in [0.4, 0.5) is 10.5 Å². The normalized spacial score (nSPS) is 27.5. The molecule has 1 saturated carbocycles. The molecule has 6 nitrogen and oxygen atoms in total. The number of amides is 2. The third-order valence-electron chi connectivity index (χ3n) is 4.60. The van der Waals surface area contributed by atoms with E-state index in [1.165, 1.54) is 0 Å². The zero-order valence-corrected chi connectivity index (χ0v) is 13.0. The van der Waals surface area contributed by atoms with Crippen molar-refractivity contribution < 1.29 is 14.7 Å². The van der Waals surface area contributed by atoms with Crippen LogP contribution >= 0.6 is 15.9 Å². The van der Waals surface area contributed by atoms with Gasteiger partial charge in [-0.3, -0.25) is 9.78 Å². The molecule has 2 atom stereocenters. The number of pyridine rings is 1. The predicted molar refractivity (Wildman–Crippen MR) is 79.9 cm³/mol. The summed E-state index contributed by atoms with van der Waals surface area (Å²) in [5, 5.41) is 12.3. The summed E-state index contributed by atoms with van der Waals surface area (Å²) in [6.07, 6.45) is 5.68. The largest absolute Gasteiger partial charge is 0.481 e. The number of halogens is 1. The van der Waals surface area contributed by atoms with E-state index in [2.05, 4.69) is 26.2 Å². The molecule has 1 aromatic heterocycles. The quantitative estimate of drug-likeness (QED) is 0.855. The summed E-state index contributed by atoms with van der Waals surface area (Å²) in [6, 6.07) is 1.45. The highest BCUT2D eigenvalue weighted by Gasteiger charge is 2.55. The lowest BCUT2D eigenvalue weighted by atomic mass is 9.81. The predicted octanol–water partition coefficient (Wildman–Crippen LogP) is 2.56. The molecule has 7 heteroatoms. The molecule has 0 unspecified atom stereocenters. The fraction of sp³-hybridized carbons (Fsp3) is 0.500. The van der Waals surface area contributed by atoms with Crippen molar-refractivity contribution >= 4 is 33.6 Å². The third kappa shape index (κ3) is 2.39. The molecule has 2 aliphatic rings. The van der Waals surface area contributed by atoms with E-state index in [0.29, 0.717) is 29.7 Å². The molecule has 2 fully saturated rings. The number of carbonyl (C=O) groups excluding carboxylic acids is 1. The number of nitrogens with one attached hydrogen (secondary N) is 1. The molecule has 1 aromatic rings. The fourth-order valence-corrected chi connectivity index (χ4v) is 3.81. The van der Waals surface area contributed by atoms with Gasteiger partial charge in [0, 0.05) is 25.5 Å². The highest BCUT2D eigenvalue weighted by Crippen LogP contribution is 2.48. The minimum absolute atomic E-state index is 0.0710. The molecule has 3 rings (SSSR count). The highest BCUT2D eigenvalue weighted by atomic mass is 79.9. The van der Waals surface area contributed by atoms with Crippen LogP contribution in [0, 0.1) is 11.3 Å². The monoisotopic (exact) mass is 353 g/mol. The van der Waals surface area contributed by atoms with Gasteiger partial charge in [0.15, 0.2) is 0 Å². The van der Waals surface area contributed by atoms with Crippen LogP contribution in [-0.4, -0.2) is 40.1 Å². The van der Waals surface area contributed by atoms with E-state index in [1.54, 1.807) is 23.4 Å². The van der Waals surface area contributed by atoms with Crippen LogP contribution < -0.4 is 5.32 Å². The zero-order chi connectivity index (χ0) is 15.0. The van der Waals surface area contributed by atoms with Crippen LogP contribution in [0.25, 0.3) is 0 Å². The van der Waals surface area contributed by atoms with Crippen molar-refractivity contribution in [3.8, 4) is 0 Å². The van der Waals surface area contributed by atoms with Gasteiger partial charge < -0.3 is 15.3 Å². The molecule has 2 heterocycles.